The number of benzene rings is 2. The molecular weight excluding hydrogens is 438 g/mol. The minimum Gasteiger partial charge on any atom is -0.326 e. The number of hydrogen-bond donors (Lipinski definition) is 1. The fraction of sp³-hybridized carbons (Fsp3) is 0.440. The van der Waals surface area contributed by atoms with Crippen molar-refractivity contribution in [2.75, 3.05) is 29.9 Å². The Hall–Kier alpha value is -2.71. The molecule has 2 saturated heterocycles. The molecule has 2 aliphatic rings. The summed E-state index contributed by atoms with van der Waals surface area (Å²) in [5.41, 5.74) is 2.51. The van der Waals surface area contributed by atoms with E-state index in [1.807, 2.05) is 24.3 Å². The molecule has 2 heterocycles. The van der Waals surface area contributed by atoms with Crippen LogP contribution in [0.5, 0.6) is 0 Å². The quantitative estimate of drug-likeness (QED) is 0.700. The molecule has 2 aromatic rings. The number of carbonyl (C=O) groups excluding carboxylic acids is 2. The van der Waals surface area contributed by atoms with Crippen LogP contribution in [0.3, 0.4) is 0 Å². The molecule has 8 heteroatoms. The predicted molar refractivity (Wildman–Crippen MR) is 129 cm³/mol. The molecule has 7 nitrogen and oxygen atoms in total. The lowest BCUT2D eigenvalue weighted by Gasteiger charge is -2.30. The molecule has 2 amide bonds. The molecule has 0 saturated carbocycles. The normalized spacial score (nSPS) is 21.9. The van der Waals surface area contributed by atoms with Crippen LogP contribution in [-0.4, -0.2) is 44.2 Å². The van der Waals surface area contributed by atoms with Gasteiger partial charge in [-0.25, -0.2) is 8.42 Å². The number of carbonyl (C=O) groups is 2. The average Bonchev–Trinajstić information content (AvgIpc) is 3.21. The Kier molecular flexibility index (Phi) is 6.86. The number of amides is 2. The summed E-state index contributed by atoms with van der Waals surface area (Å²) in [6.45, 7) is 5.55. The highest BCUT2D eigenvalue weighted by molar-refractivity contribution is 7.89. The molecule has 2 atom stereocenters. The fourth-order valence-corrected chi connectivity index (χ4v) is 6.11. The van der Waals surface area contributed by atoms with Gasteiger partial charge in [-0.05, 0) is 67.1 Å². The lowest BCUT2D eigenvalue weighted by molar-refractivity contribution is -0.122. The maximum absolute atomic E-state index is 12.9. The first-order valence-electron chi connectivity index (χ1n) is 11.6. The molecule has 4 rings (SSSR count). The highest BCUT2D eigenvalue weighted by Crippen LogP contribution is 2.28. The van der Waals surface area contributed by atoms with E-state index in [1.54, 1.807) is 21.3 Å². The first kappa shape index (κ1) is 23.4. The number of hydrogen-bond acceptors (Lipinski definition) is 4. The number of piperidine rings is 1. The van der Waals surface area contributed by atoms with Gasteiger partial charge in [0.05, 0.1) is 10.8 Å². The number of nitrogens with zero attached hydrogens (tertiary/aromatic N) is 2. The summed E-state index contributed by atoms with van der Waals surface area (Å²) in [4.78, 5) is 27.2. The van der Waals surface area contributed by atoms with E-state index in [1.165, 1.54) is 17.7 Å². The summed E-state index contributed by atoms with van der Waals surface area (Å²) in [7, 11) is -3.54. The number of sulfonamides is 1. The molecule has 1 N–H and O–H groups in total. The molecule has 2 aromatic carbocycles. The van der Waals surface area contributed by atoms with Crippen LogP contribution in [0, 0.1) is 11.8 Å². The van der Waals surface area contributed by atoms with Gasteiger partial charge < -0.3 is 10.2 Å². The van der Waals surface area contributed by atoms with Crippen LogP contribution in [-0.2, 0) is 26.0 Å². The van der Waals surface area contributed by atoms with E-state index in [-0.39, 0.29) is 23.1 Å². The summed E-state index contributed by atoms with van der Waals surface area (Å²) >= 11 is 0. The van der Waals surface area contributed by atoms with Gasteiger partial charge in [-0.3, -0.25) is 9.59 Å². The van der Waals surface area contributed by atoms with Crippen molar-refractivity contribution in [2.45, 2.75) is 44.4 Å². The number of nitrogens with one attached hydrogen (secondary N) is 1. The summed E-state index contributed by atoms with van der Waals surface area (Å²) in [6.07, 6.45) is 2.99. The van der Waals surface area contributed by atoms with Gasteiger partial charge in [0.1, 0.15) is 0 Å². The Bertz CT molecular complexity index is 1110. The van der Waals surface area contributed by atoms with E-state index in [0.29, 0.717) is 31.2 Å². The summed E-state index contributed by atoms with van der Waals surface area (Å²) < 4.78 is 27.4. The molecule has 2 fully saturated rings. The maximum Gasteiger partial charge on any atom is 0.243 e. The van der Waals surface area contributed by atoms with Crippen LogP contribution in [0.4, 0.5) is 11.4 Å². The van der Waals surface area contributed by atoms with Crippen molar-refractivity contribution in [3.8, 4) is 0 Å². The van der Waals surface area contributed by atoms with E-state index in [4.69, 9.17) is 0 Å². The molecule has 2 unspecified atom stereocenters. The lowest BCUT2D eigenvalue weighted by atomic mass is 10.0. The van der Waals surface area contributed by atoms with Crippen LogP contribution in [0.25, 0.3) is 0 Å². The smallest absolute Gasteiger partial charge is 0.243 e. The molecule has 0 spiro atoms. The van der Waals surface area contributed by atoms with Crippen molar-refractivity contribution < 1.29 is 18.0 Å². The third kappa shape index (κ3) is 5.12. The number of aryl methyl sites for hydroxylation is 1. The largest absolute Gasteiger partial charge is 0.326 e. The molecule has 0 aromatic heterocycles. The minimum absolute atomic E-state index is 0.0726. The summed E-state index contributed by atoms with van der Waals surface area (Å²) in [6, 6.07) is 14.1. The lowest BCUT2D eigenvalue weighted by Crippen LogP contribution is -2.39. The molecule has 0 bridgehead atoms. The van der Waals surface area contributed by atoms with Crippen LogP contribution in [0.1, 0.15) is 38.7 Å². The van der Waals surface area contributed by atoms with Crippen molar-refractivity contribution in [2.24, 2.45) is 11.8 Å². The van der Waals surface area contributed by atoms with Gasteiger partial charge >= 0.3 is 0 Å². The highest BCUT2D eigenvalue weighted by atomic mass is 32.2. The molecule has 33 heavy (non-hydrogen) atoms. The van der Waals surface area contributed by atoms with Gasteiger partial charge in [0.2, 0.25) is 21.8 Å². The first-order chi connectivity index (χ1) is 15.8. The van der Waals surface area contributed by atoms with Gasteiger partial charge in [-0.1, -0.05) is 26.0 Å². The summed E-state index contributed by atoms with van der Waals surface area (Å²) in [5.74, 6) is -0.417. The zero-order valence-corrected chi connectivity index (χ0v) is 20.0. The molecular formula is C25H31N3O4S. The number of anilines is 2. The van der Waals surface area contributed by atoms with Gasteiger partial charge in [-0.2, -0.15) is 4.31 Å². The van der Waals surface area contributed by atoms with Crippen LogP contribution >= 0.6 is 0 Å². The third-order valence-electron chi connectivity index (χ3n) is 6.53. The Labute approximate surface area is 195 Å². The Morgan fingerprint density at radius 1 is 1.06 bits per heavy atom. The Balaban J connectivity index is 1.39. The topological polar surface area (TPSA) is 86.8 Å². The fourth-order valence-electron chi connectivity index (χ4n) is 4.51. The monoisotopic (exact) mass is 469 g/mol. The van der Waals surface area contributed by atoms with Crippen molar-refractivity contribution in [1.29, 1.82) is 0 Å². The van der Waals surface area contributed by atoms with Crippen LogP contribution in [0.2, 0.25) is 0 Å². The van der Waals surface area contributed by atoms with Gasteiger partial charge in [0, 0.05) is 37.4 Å². The van der Waals surface area contributed by atoms with E-state index in [9.17, 15) is 18.0 Å². The van der Waals surface area contributed by atoms with Gasteiger partial charge in [0.25, 0.3) is 0 Å². The second-order valence-electron chi connectivity index (χ2n) is 9.05. The van der Waals surface area contributed by atoms with E-state index >= 15 is 0 Å². The zero-order valence-electron chi connectivity index (χ0n) is 19.2. The van der Waals surface area contributed by atoms with Crippen molar-refractivity contribution in [3.05, 3.63) is 54.1 Å². The third-order valence-corrected chi connectivity index (χ3v) is 8.41. The molecule has 176 valence electrons. The van der Waals surface area contributed by atoms with E-state index < -0.39 is 15.9 Å². The SMILES string of the molecule is CCc1ccc(N2CC(C(=O)Nc3ccc(S(=O)(=O)N4CCCC(C)C4)cc3)CC2=O)cc1. The van der Waals surface area contributed by atoms with Gasteiger partial charge in [0.15, 0.2) is 0 Å². The minimum atomic E-state index is -3.54. The highest BCUT2D eigenvalue weighted by Gasteiger charge is 2.35. The molecule has 0 aliphatic carbocycles. The second-order valence-corrected chi connectivity index (χ2v) is 11.0. The summed E-state index contributed by atoms with van der Waals surface area (Å²) in [5, 5.41) is 2.83. The van der Waals surface area contributed by atoms with Crippen molar-refractivity contribution in [3.63, 3.8) is 0 Å². The van der Waals surface area contributed by atoms with Gasteiger partial charge in [-0.15, -0.1) is 0 Å². The Morgan fingerprint density at radius 3 is 2.39 bits per heavy atom. The average molecular weight is 470 g/mol. The standard InChI is InChI=1S/C25H31N3O4S/c1-3-19-6-10-22(11-7-19)28-17-20(15-24(28)29)25(30)26-21-8-12-23(13-9-21)33(31,32)27-14-4-5-18(2)16-27/h6-13,18,20H,3-5,14-17H2,1-2H3,(H,26,30). The first-order valence-corrected chi connectivity index (χ1v) is 13.0. The number of rotatable bonds is 6. The van der Waals surface area contributed by atoms with E-state index in [2.05, 4.69) is 19.2 Å². The van der Waals surface area contributed by atoms with Crippen LogP contribution in [0.15, 0.2) is 53.4 Å². The zero-order chi connectivity index (χ0) is 23.6. The van der Waals surface area contributed by atoms with E-state index in [0.717, 1.165) is 24.9 Å². The Morgan fingerprint density at radius 2 is 1.76 bits per heavy atom. The maximum atomic E-state index is 12.9. The second kappa shape index (κ2) is 9.65. The van der Waals surface area contributed by atoms with Crippen molar-refractivity contribution >= 4 is 33.2 Å². The predicted octanol–water partition coefficient (Wildman–Crippen LogP) is 3.66. The molecule has 2 aliphatic heterocycles. The van der Waals surface area contributed by atoms with Crippen molar-refractivity contribution in [1.82, 2.24) is 4.31 Å². The van der Waals surface area contributed by atoms with Crippen LogP contribution < -0.4 is 10.2 Å². The molecule has 0 radical (unpaired) electrons.